The van der Waals surface area contributed by atoms with E-state index in [1.807, 2.05) is 12.1 Å². The monoisotopic (exact) mass is 286 g/mol. The van der Waals surface area contributed by atoms with Gasteiger partial charge in [0.2, 0.25) is 0 Å². The number of carbonyl (C=O) groups is 1. The first-order chi connectivity index (χ1) is 9.94. The molecule has 3 heteroatoms. The van der Waals surface area contributed by atoms with Gasteiger partial charge in [0.25, 0.3) is 0 Å². The van der Waals surface area contributed by atoms with Crippen molar-refractivity contribution in [2.24, 2.45) is 10.8 Å². The molecule has 0 amide bonds. The molecule has 0 saturated heterocycles. The van der Waals surface area contributed by atoms with Crippen LogP contribution in [0.4, 0.5) is 0 Å². The van der Waals surface area contributed by atoms with E-state index in [0.717, 1.165) is 12.8 Å². The maximum atomic E-state index is 11.9. The predicted molar refractivity (Wildman–Crippen MR) is 78.4 cm³/mol. The molecule has 0 radical (unpaired) electrons. The Kier molecular flexibility index (Phi) is 2.68. The second-order valence-electron chi connectivity index (χ2n) is 7.62. The summed E-state index contributed by atoms with van der Waals surface area (Å²) in [6.07, 6.45) is 3.00. The summed E-state index contributed by atoms with van der Waals surface area (Å²) in [6, 6.07) is 8.32. The highest BCUT2D eigenvalue weighted by Gasteiger charge is 2.64. The quantitative estimate of drug-likeness (QED) is 0.731. The fourth-order valence-electron chi connectivity index (χ4n) is 4.67. The molecule has 0 aromatic heterocycles. The van der Waals surface area contributed by atoms with E-state index in [-0.39, 0.29) is 10.8 Å². The molecular weight excluding hydrogens is 264 g/mol. The summed E-state index contributed by atoms with van der Waals surface area (Å²) in [5.41, 5.74) is 2.47. The Hall–Kier alpha value is -1.19. The van der Waals surface area contributed by atoms with Crippen LogP contribution in [0.5, 0.6) is 0 Å². The Balaban J connectivity index is 1.63. The molecule has 2 atom stereocenters. The molecule has 3 nitrogen and oxygen atoms in total. The molecule has 1 aromatic rings. The number of Topliss-reactive ketones (excluding diaryl/α,β-unsaturated/α-hetero) is 1. The van der Waals surface area contributed by atoms with Crippen LogP contribution in [0.1, 0.15) is 50.7 Å². The highest BCUT2D eigenvalue weighted by atomic mass is 16.7. The molecule has 0 unspecified atom stereocenters. The van der Waals surface area contributed by atoms with Crippen LogP contribution in [0.3, 0.4) is 0 Å². The minimum atomic E-state index is -0.511. The normalized spacial score (nSPS) is 37.3. The first kappa shape index (κ1) is 13.5. The van der Waals surface area contributed by atoms with E-state index < -0.39 is 5.79 Å². The van der Waals surface area contributed by atoms with Gasteiger partial charge >= 0.3 is 0 Å². The van der Waals surface area contributed by atoms with Crippen molar-refractivity contribution in [3.8, 4) is 0 Å². The summed E-state index contributed by atoms with van der Waals surface area (Å²) >= 11 is 0. The molecular formula is C18H22O3. The van der Waals surface area contributed by atoms with Gasteiger partial charge in [0.1, 0.15) is 5.78 Å². The fourth-order valence-corrected chi connectivity index (χ4v) is 4.67. The maximum absolute atomic E-state index is 11.9. The third kappa shape index (κ3) is 1.91. The number of rotatable bonds is 0. The van der Waals surface area contributed by atoms with Gasteiger partial charge in [0.15, 0.2) is 5.79 Å². The lowest BCUT2D eigenvalue weighted by Gasteiger charge is -2.32. The minimum absolute atomic E-state index is 0.0145. The van der Waals surface area contributed by atoms with Gasteiger partial charge in [0, 0.05) is 25.7 Å². The molecule has 1 aliphatic heterocycles. The van der Waals surface area contributed by atoms with Crippen LogP contribution in [0, 0.1) is 10.8 Å². The zero-order chi connectivity index (χ0) is 14.7. The number of ether oxygens (including phenoxy) is 2. The van der Waals surface area contributed by atoms with Gasteiger partial charge < -0.3 is 9.47 Å². The van der Waals surface area contributed by atoms with Gasteiger partial charge in [-0.05, 0) is 22.0 Å². The summed E-state index contributed by atoms with van der Waals surface area (Å²) < 4.78 is 12.5. The van der Waals surface area contributed by atoms with E-state index in [4.69, 9.17) is 9.47 Å². The smallest absolute Gasteiger partial charge is 0.170 e. The summed E-state index contributed by atoms with van der Waals surface area (Å²) in [7, 11) is 0. The Morgan fingerprint density at radius 3 is 1.86 bits per heavy atom. The van der Waals surface area contributed by atoms with Crippen LogP contribution in [-0.2, 0) is 27.5 Å². The maximum Gasteiger partial charge on any atom is 0.170 e. The van der Waals surface area contributed by atoms with E-state index in [1.165, 1.54) is 11.1 Å². The number of fused-ring (bicyclic) bond motifs is 2. The van der Waals surface area contributed by atoms with Crippen LogP contribution in [-0.4, -0.2) is 11.6 Å². The molecule has 21 heavy (non-hydrogen) atoms. The van der Waals surface area contributed by atoms with Crippen LogP contribution in [0.25, 0.3) is 0 Å². The predicted octanol–water partition coefficient (Wildman–Crippen LogP) is 3.60. The van der Waals surface area contributed by atoms with Gasteiger partial charge in [0.05, 0.1) is 13.2 Å². The van der Waals surface area contributed by atoms with E-state index in [1.54, 1.807) is 0 Å². The van der Waals surface area contributed by atoms with Crippen molar-refractivity contribution in [1.29, 1.82) is 0 Å². The van der Waals surface area contributed by atoms with Gasteiger partial charge in [-0.2, -0.15) is 0 Å². The molecule has 2 saturated carbocycles. The van der Waals surface area contributed by atoms with Crippen molar-refractivity contribution in [2.75, 3.05) is 0 Å². The molecule has 0 N–H and O–H groups in total. The van der Waals surface area contributed by atoms with Crippen LogP contribution >= 0.6 is 0 Å². The first-order valence-corrected chi connectivity index (χ1v) is 7.80. The molecule has 1 heterocycles. The Morgan fingerprint density at radius 1 is 0.905 bits per heavy atom. The van der Waals surface area contributed by atoms with Crippen LogP contribution < -0.4 is 0 Å². The highest BCUT2D eigenvalue weighted by Crippen LogP contribution is 2.65. The third-order valence-corrected chi connectivity index (χ3v) is 6.05. The van der Waals surface area contributed by atoms with Crippen molar-refractivity contribution in [2.45, 2.75) is 58.5 Å². The zero-order valence-corrected chi connectivity index (χ0v) is 12.8. The molecule has 2 aliphatic carbocycles. The molecule has 2 fully saturated rings. The minimum Gasteiger partial charge on any atom is -0.345 e. The molecule has 0 bridgehead atoms. The number of carbonyl (C=O) groups excluding carboxylic acids is 1. The fraction of sp³-hybridized carbons (Fsp3) is 0.611. The van der Waals surface area contributed by atoms with Crippen molar-refractivity contribution < 1.29 is 14.3 Å². The van der Waals surface area contributed by atoms with E-state index >= 15 is 0 Å². The topological polar surface area (TPSA) is 35.5 Å². The Bertz CT molecular complexity index is 557. The first-order valence-electron chi connectivity index (χ1n) is 7.80. The lowest BCUT2D eigenvalue weighted by Crippen LogP contribution is -2.33. The zero-order valence-electron chi connectivity index (χ0n) is 12.8. The lowest BCUT2D eigenvalue weighted by molar-refractivity contribution is -0.245. The third-order valence-electron chi connectivity index (χ3n) is 6.05. The SMILES string of the molecule is C[C@@]12CC(=O)C[C@@]1(C)CC1(C2)OCc2ccccc2CO1. The van der Waals surface area contributed by atoms with Crippen LogP contribution in [0.2, 0.25) is 0 Å². The van der Waals surface area contributed by atoms with Crippen molar-refractivity contribution >= 4 is 5.78 Å². The molecule has 112 valence electrons. The average Bonchev–Trinajstić information content (AvgIpc) is 2.66. The van der Waals surface area contributed by atoms with E-state index in [2.05, 4.69) is 26.0 Å². The van der Waals surface area contributed by atoms with Crippen molar-refractivity contribution in [1.82, 2.24) is 0 Å². The van der Waals surface area contributed by atoms with Crippen molar-refractivity contribution in [3.63, 3.8) is 0 Å². The summed E-state index contributed by atoms with van der Waals surface area (Å²) in [4.78, 5) is 11.9. The molecule has 4 rings (SSSR count). The van der Waals surface area contributed by atoms with Gasteiger partial charge in [-0.15, -0.1) is 0 Å². The Labute approximate surface area is 125 Å². The number of ketones is 1. The second-order valence-corrected chi connectivity index (χ2v) is 7.62. The molecule has 3 aliphatic rings. The largest absolute Gasteiger partial charge is 0.345 e. The standard InChI is InChI=1S/C18H22O3/c1-16-7-15(19)8-17(16,2)12-18(11-16)20-9-13-5-3-4-6-14(13)10-21-18/h3-6H,7-12H2,1-2H3/t16-,17-/m0/s1. The molecule has 1 aromatic carbocycles. The number of hydrogen-bond acceptors (Lipinski definition) is 3. The summed E-state index contributed by atoms with van der Waals surface area (Å²) in [5.74, 6) is -0.116. The van der Waals surface area contributed by atoms with Crippen LogP contribution in [0.15, 0.2) is 24.3 Å². The van der Waals surface area contributed by atoms with Gasteiger partial charge in [-0.3, -0.25) is 4.79 Å². The lowest BCUT2D eigenvalue weighted by atomic mass is 9.71. The Morgan fingerprint density at radius 2 is 1.38 bits per heavy atom. The van der Waals surface area contributed by atoms with Crippen molar-refractivity contribution in [3.05, 3.63) is 35.4 Å². The second kappa shape index (κ2) is 4.17. The van der Waals surface area contributed by atoms with Gasteiger partial charge in [-0.1, -0.05) is 38.1 Å². The molecule has 1 spiro atoms. The average molecular weight is 286 g/mol. The van der Waals surface area contributed by atoms with Gasteiger partial charge in [-0.25, -0.2) is 0 Å². The van der Waals surface area contributed by atoms with E-state index in [9.17, 15) is 4.79 Å². The summed E-state index contributed by atoms with van der Waals surface area (Å²) in [6.45, 7) is 5.68. The van der Waals surface area contributed by atoms with E-state index in [0.29, 0.717) is 31.8 Å². The number of benzene rings is 1. The summed E-state index contributed by atoms with van der Waals surface area (Å²) in [5, 5.41) is 0. The number of hydrogen-bond donors (Lipinski definition) is 0. The highest BCUT2D eigenvalue weighted by molar-refractivity contribution is 5.83.